The van der Waals surface area contributed by atoms with Gasteiger partial charge in [0.2, 0.25) is 0 Å². The lowest BCUT2D eigenvalue weighted by molar-refractivity contribution is -0.142. The molecule has 1 aliphatic rings. The third kappa shape index (κ3) is 4.94. The summed E-state index contributed by atoms with van der Waals surface area (Å²) in [6, 6.07) is 7.60. The number of aliphatic hydroxyl groups is 1. The Balaban J connectivity index is 1.89. The number of halogens is 7. The highest BCUT2D eigenvalue weighted by Gasteiger charge is 2.46. The van der Waals surface area contributed by atoms with E-state index in [1.807, 2.05) is 0 Å². The SMILES string of the molecule is CC(C(O)c1ccc(Cl)c(Cl)c1C(F)(F)F)C(F)(F)c1ccc(N2CCCCC2)cc1. The fourth-order valence-corrected chi connectivity index (χ4v) is 4.31. The van der Waals surface area contributed by atoms with Crippen LogP contribution in [-0.2, 0) is 12.1 Å². The molecule has 1 aliphatic heterocycles. The molecule has 2 aromatic carbocycles. The summed E-state index contributed by atoms with van der Waals surface area (Å²) in [6.07, 6.45) is -3.89. The molecule has 0 aliphatic carbocycles. The largest absolute Gasteiger partial charge is 0.418 e. The molecule has 9 heteroatoms. The zero-order valence-electron chi connectivity index (χ0n) is 16.7. The van der Waals surface area contributed by atoms with Gasteiger partial charge in [0.05, 0.1) is 27.6 Å². The van der Waals surface area contributed by atoms with Crippen LogP contribution in [0.3, 0.4) is 0 Å². The Morgan fingerprint density at radius 2 is 1.48 bits per heavy atom. The van der Waals surface area contributed by atoms with Gasteiger partial charge in [-0.05, 0) is 43.0 Å². The van der Waals surface area contributed by atoms with Gasteiger partial charge in [-0.25, -0.2) is 8.78 Å². The second-order valence-electron chi connectivity index (χ2n) is 7.77. The minimum absolute atomic E-state index is 0.377. The zero-order valence-corrected chi connectivity index (χ0v) is 18.2. The zero-order chi connectivity index (χ0) is 23.0. The van der Waals surface area contributed by atoms with Gasteiger partial charge in [-0.2, -0.15) is 13.2 Å². The Morgan fingerprint density at radius 3 is 2.03 bits per heavy atom. The first kappa shape index (κ1) is 24.1. The summed E-state index contributed by atoms with van der Waals surface area (Å²) in [5, 5.41) is 9.31. The Labute approximate surface area is 187 Å². The van der Waals surface area contributed by atoms with Crippen LogP contribution in [0.2, 0.25) is 10.0 Å². The number of hydrogen-bond acceptors (Lipinski definition) is 2. The van der Waals surface area contributed by atoms with Gasteiger partial charge in [0.15, 0.2) is 0 Å². The average molecular weight is 482 g/mol. The van der Waals surface area contributed by atoms with E-state index in [-0.39, 0.29) is 10.6 Å². The Kier molecular flexibility index (Phi) is 7.08. The predicted octanol–water partition coefficient (Wildman–Crippen LogP) is 7.46. The summed E-state index contributed by atoms with van der Waals surface area (Å²) in [5.41, 5.74) is -1.71. The third-order valence-corrected chi connectivity index (χ3v) is 6.55. The van der Waals surface area contributed by atoms with Crippen molar-refractivity contribution in [2.45, 2.75) is 44.4 Å². The van der Waals surface area contributed by atoms with Crippen molar-refractivity contribution in [2.75, 3.05) is 18.0 Å². The van der Waals surface area contributed by atoms with Crippen LogP contribution < -0.4 is 4.90 Å². The lowest BCUT2D eigenvalue weighted by Crippen LogP contribution is -2.31. The van der Waals surface area contributed by atoms with Gasteiger partial charge in [0.1, 0.15) is 0 Å². The fourth-order valence-electron chi connectivity index (χ4n) is 3.88. The van der Waals surface area contributed by atoms with E-state index < -0.39 is 40.3 Å². The maximum atomic E-state index is 15.2. The van der Waals surface area contributed by atoms with E-state index in [1.54, 1.807) is 12.1 Å². The first-order chi connectivity index (χ1) is 14.4. The first-order valence-electron chi connectivity index (χ1n) is 9.91. The van der Waals surface area contributed by atoms with Gasteiger partial charge in [-0.15, -0.1) is 0 Å². The molecular weight excluding hydrogens is 460 g/mol. The van der Waals surface area contributed by atoms with Crippen LogP contribution in [0.15, 0.2) is 36.4 Å². The van der Waals surface area contributed by atoms with Crippen molar-refractivity contribution in [3.8, 4) is 0 Å². The molecule has 3 rings (SSSR count). The van der Waals surface area contributed by atoms with Crippen LogP contribution >= 0.6 is 23.2 Å². The summed E-state index contributed by atoms with van der Waals surface area (Å²) >= 11 is 11.4. The second-order valence-corrected chi connectivity index (χ2v) is 8.56. The lowest BCUT2D eigenvalue weighted by atomic mass is 9.86. The van der Waals surface area contributed by atoms with Crippen molar-refractivity contribution in [2.24, 2.45) is 5.92 Å². The topological polar surface area (TPSA) is 23.5 Å². The molecule has 2 unspecified atom stereocenters. The van der Waals surface area contributed by atoms with Crippen LogP contribution in [-0.4, -0.2) is 18.2 Å². The molecule has 0 spiro atoms. The highest BCUT2D eigenvalue weighted by molar-refractivity contribution is 6.42. The van der Waals surface area contributed by atoms with Gasteiger partial charge in [-0.3, -0.25) is 0 Å². The van der Waals surface area contributed by atoms with E-state index >= 15 is 8.78 Å². The second kappa shape index (κ2) is 9.12. The molecule has 2 nitrogen and oxygen atoms in total. The Bertz CT molecular complexity index is 911. The maximum absolute atomic E-state index is 15.2. The van der Waals surface area contributed by atoms with Crippen molar-refractivity contribution in [1.82, 2.24) is 0 Å². The Morgan fingerprint density at radius 1 is 0.903 bits per heavy atom. The summed E-state index contributed by atoms with van der Waals surface area (Å²) in [5.74, 6) is -5.44. The molecular formula is C22H22Cl2F5NO. The quantitative estimate of drug-likeness (QED) is 0.447. The molecule has 31 heavy (non-hydrogen) atoms. The smallest absolute Gasteiger partial charge is 0.388 e. The molecule has 1 heterocycles. The van der Waals surface area contributed by atoms with Crippen LogP contribution in [0.4, 0.5) is 27.6 Å². The van der Waals surface area contributed by atoms with Crippen molar-refractivity contribution in [3.63, 3.8) is 0 Å². The molecule has 0 bridgehead atoms. The summed E-state index contributed by atoms with van der Waals surface area (Å²) in [7, 11) is 0. The number of alkyl halides is 5. The number of anilines is 1. The van der Waals surface area contributed by atoms with E-state index in [4.69, 9.17) is 23.2 Å². The van der Waals surface area contributed by atoms with Gasteiger partial charge in [-0.1, -0.05) is 48.3 Å². The molecule has 2 aromatic rings. The molecule has 1 N–H and O–H groups in total. The Hall–Kier alpha value is -1.57. The molecule has 2 atom stereocenters. The molecule has 0 saturated carbocycles. The highest BCUT2D eigenvalue weighted by Crippen LogP contribution is 2.48. The fraction of sp³-hybridized carbons (Fsp3) is 0.455. The standard InChI is InChI=1S/C22H22Cl2F5NO/c1-13(20(31)16-9-10-17(23)19(24)18(16)22(27,28)29)21(25,26)14-5-7-15(8-6-14)30-11-3-2-4-12-30/h5-10,13,20,31H,2-4,11-12H2,1H3. The van der Waals surface area contributed by atoms with Gasteiger partial charge in [0.25, 0.3) is 5.92 Å². The number of hydrogen-bond donors (Lipinski definition) is 1. The van der Waals surface area contributed by atoms with Crippen molar-refractivity contribution in [1.29, 1.82) is 0 Å². The maximum Gasteiger partial charge on any atom is 0.418 e. The molecule has 1 fully saturated rings. The first-order valence-corrected chi connectivity index (χ1v) is 10.7. The van der Waals surface area contributed by atoms with Crippen molar-refractivity contribution < 1.29 is 27.1 Å². The van der Waals surface area contributed by atoms with Crippen LogP contribution in [0, 0.1) is 5.92 Å². The van der Waals surface area contributed by atoms with E-state index in [0.29, 0.717) is 0 Å². The lowest BCUT2D eigenvalue weighted by Gasteiger charge is -2.31. The van der Waals surface area contributed by atoms with E-state index in [0.717, 1.165) is 57.1 Å². The molecule has 0 aromatic heterocycles. The summed E-state index contributed by atoms with van der Waals surface area (Å²) < 4.78 is 70.8. The average Bonchev–Trinajstić information content (AvgIpc) is 2.74. The monoisotopic (exact) mass is 481 g/mol. The van der Waals surface area contributed by atoms with Gasteiger partial charge < -0.3 is 10.0 Å². The van der Waals surface area contributed by atoms with Crippen LogP contribution in [0.25, 0.3) is 0 Å². The predicted molar refractivity (Wildman–Crippen MR) is 112 cm³/mol. The number of aliphatic hydroxyl groups excluding tert-OH is 1. The number of benzene rings is 2. The minimum Gasteiger partial charge on any atom is -0.388 e. The normalized spacial score (nSPS) is 17.5. The van der Waals surface area contributed by atoms with Gasteiger partial charge >= 0.3 is 6.18 Å². The number of piperidine rings is 1. The highest BCUT2D eigenvalue weighted by atomic mass is 35.5. The van der Waals surface area contributed by atoms with Gasteiger partial charge in [0, 0.05) is 24.3 Å². The van der Waals surface area contributed by atoms with Crippen LogP contribution in [0.5, 0.6) is 0 Å². The molecule has 170 valence electrons. The summed E-state index contributed by atoms with van der Waals surface area (Å²) in [6.45, 7) is 2.71. The number of rotatable bonds is 5. The molecule has 0 amide bonds. The van der Waals surface area contributed by atoms with Crippen molar-refractivity contribution in [3.05, 3.63) is 63.1 Å². The molecule has 1 saturated heterocycles. The third-order valence-electron chi connectivity index (χ3n) is 5.75. The van der Waals surface area contributed by atoms with Crippen molar-refractivity contribution >= 4 is 28.9 Å². The van der Waals surface area contributed by atoms with Crippen LogP contribution in [0.1, 0.15) is 49.0 Å². The van der Waals surface area contributed by atoms with E-state index in [9.17, 15) is 18.3 Å². The minimum atomic E-state index is -4.97. The molecule has 0 radical (unpaired) electrons. The van der Waals surface area contributed by atoms with E-state index in [2.05, 4.69) is 4.90 Å². The number of nitrogens with zero attached hydrogens (tertiary/aromatic N) is 1. The van der Waals surface area contributed by atoms with E-state index in [1.165, 1.54) is 12.1 Å². The summed E-state index contributed by atoms with van der Waals surface area (Å²) in [4.78, 5) is 2.11.